The first-order valence-electron chi connectivity index (χ1n) is 9.05. The monoisotopic (exact) mass is 404 g/mol. The Morgan fingerprint density at radius 1 is 1.15 bits per heavy atom. The van der Waals surface area contributed by atoms with E-state index in [0.717, 1.165) is 49.8 Å². The van der Waals surface area contributed by atoms with Crippen LogP contribution < -0.4 is 5.32 Å². The van der Waals surface area contributed by atoms with Crippen molar-refractivity contribution in [2.75, 3.05) is 5.32 Å². The highest BCUT2D eigenvalue weighted by molar-refractivity contribution is 7.72. The third-order valence-corrected chi connectivity index (χ3v) is 7.28. The van der Waals surface area contributed by atoms with Crippen LogP contribution in [-0.4, -0.2) is 25.1 Å². The number of rotatable bonds is 4. The van der Waals surface area contributed by atoms with Crippen LogP contribution in [0.2, 0.25) is 0 Å². The van der Waals surface area contributed by atoms with Crippen molar-refractivity contribution in [2.45, 2.75) is 49.8 Å². The average molecular weight is 405 g/mol. The molecule has 1 aromatic heterocycles. The van der Waals surface area contributed by atoms with Gasteiger partial charge >= 0.3 is 0 Å². The molecule has 1 saturated carbocycles. The molecule has 0 atom stereocenters. The largest absolute Gasteiger partial charge is 0.302 e. The number of amides is 1. The predicted octanol–water partition coefficient (Wildman–Crippen LogP) is 2.98. The number of aromatic nitrogens is 1. The quantitative estimate of drug-likeness (QED) is 0.764. The summed E-state index contributed by atoms with van der Waals surface area (Å²) in [7, 11) is -2.62. The summed E-state index contributed by atoms with van der Waals surface area (Å²) in [5.74, 6) is -0.0232. The van der Waals surface area contributed by atoms with E-state index >= 15 is 0 Å². The molecule has 1 N–H and O–H groups in total. The molecule has 4 rings (SSSR count). The molecule has 1 spiro atoms. The van der Waals surface area contributed by atoms with Gasteiger partial charge in [0.1, 0.15) is 0 Å². The molecule has 0 radical (unpaired) electrons. The van der Waals surface area contributed by atoms with Gasteiger partial charge in [-0.3, -0.25) is 9.59 Å². The van der Waals surface area contributed by atoms with Crippen molar-refractivity contribution in [3.8, 4) is 0 Å². The van der Waals surface area contributed by atoms with Crippen molar-refractivity contribution in [1.82, 2.24) is 4.98 Å². The standard InChI is InChI=1S/C19H20N2O4S2/c22-15(11-12-3-5-13(6-4-12)27(24)25)21-18-20-14-7-10-19(8-1-2-9-19)17(23)16(14)26-18/h3-6,27H,1-2,7-11H2,(H,20,21,22). The molecule has 0 saturated heterocycles. The highest BCUT2D eigenvalue weighted by Gasteiger charge is 2.45. The molecule has 6 nitrogen and oxygen atoms in total. The molecule has 0 unspecified atom stereocenters. The number of thiazole rings is 1. The summed E-state index contributed by atoms with van der Waals surface area (Å²) in [5, 5.41) is 3.25. The van der Waals surface area contributed by atoms with Gasteiger partial charge in [0.15, 0.2) is 21.6 Å². The smallest absolute Gasteiger partial charge is 0.230 e. The second-order valence-electron chi connectivity index (χ2n) is 7.26. The van der Waals surface area contributed by atoms with Gasteiger partial charge in [0, 0.05) is 5.41 Å². The zero-order valence-electron chi connectivity index (χ0n) is 14.7. The minimum absolute atomic E-state index is 0.123. The maximum absolute atomic E-state index is 12.9. The van der Waals surface area contributed by atoms with E-state index in [0.29, 0.717) is 10.0 Å². The van der Waals surface area contributed by atoms with Gasteiger partial charge in [-0.25, -0.2) is 13.4 Å². The molecule has 1 heterocycles. The van der Waals surface area contributed by atoms with Gasteiger partial charge in [-0.1, -0.05) is 36.3 Å². The maximum Gasteiger partial charge on any atom is 0.230 e. The van der Waals surface area contributed by atoms with Crippen LogP contribution in [-0.2, 0) is 28.3 Å². The van der Waals surface area contributed by atoms with Gasteiger partial charge in [-0.2, -0.15) is 0 Å². The van der Waals surface area contributed by atoms with Gasteiger partial charge in [0.2, 0.25) is 5.91 Å². The van der Waals surface area contributed by atoms with Crippen LogP contribution in [0.1, 0.15) is 53.0 Å². The summed E-state index contributed by atoms with van der Waals surface area (Å²) >= 11 is 1.28. The summed E-state index contributed by atoms with van der Waals surface area (Å²) in [6, 6.07) is 6.22. The third kappa shape index (κ3) is 3.55. The number of carbonyl (C=O) groups is 2. The normalized spacial score (nSPS) is 18.0. The SMILES string of the molecule is O=C(Cc1ccc([SH](=O)=O)cc1)Nc1nc2c(s1)C(=O)C1(CCCC1)CC2. The Bertz CT molecular complexity index is 962. The Morgan fingerprint density at radius 3 is 2.52 bits per heavy atom. The zero-order valence-corrected chi connectivity index (χ0v) is 16.4. The van der Waals surface area contributed by atoms with Crippen LogP contribution >= 0.6 is 11.3 Å². The highest BCUT2D eigenvalue weighted by Crippen LogP contribution is 2.49. The number of hydrogen-bond acceptors (Lipinski definition) is 6. The molecule has 1 aromatic carbocycles. The first-order valence-corrected chi connectivity index (χ1v) is 11.0. The van der Waals surface area contributed by atoms with Crippen LogP contribution in [0, 0.1) is 5.41 Å². The van der Waals surface area contributed by atoms with Crippen molar-refractivity contribution < 1.29 is 18.0 Å². The Morgan fingerprint density at radius 2 is 1.85 bits per heavy atom. The van der Waals surface area contributed by atoms with Crippen molar-refractivity contribution in [1.29, 1.82) is 0 Å². The van der Waals surface area contributed by atoms with E-state index in [1.807, 2.05) is 0 Å². The number of ketones is 1. The number of anilines is 1. The second-order valence-corrected chi connectivity index (χ2v) is 9.29. The number of nitrogens with zero attached hydrogens (tertiary/aromatic N) is 1. The summed E-state index contributed by atoms with van der Waals surface area (Å²) in [5.41, 5.74) is 1.34. The fourth-order valence-corrected chi connectivity index (χ4v) is 5.56. The molecule has 2 aliphatic carbocycles. The number of hydrogen-bond donors (Lipinski definition) is 2. The zero-order chi connectivity index (χ0) is 19.0. The lowest BCUT2D eigenvalue weighted by atomic mass is 9.73. The van der Waals surface area contributed by atoms with Crippen LogP contribution in [0.4, 0.5) is 5.13 Å². The molecule has 2 aromatic rings. The minimum atomic E-state index is -2.62. The van der Waals surface area contributed by atoms with Crippen molar-refractivity contribution in [3.05, 3.63) is 40.4 Å². The fraction of sp³-hybridized carbons (Fsp3) is 0.421. The third-order valence-electron chi connectivity index (χ3n) is 5.54. The summed E-state index contributed by atoms with van der Waals surface area (Å²) < 4.78 is 21.8. The molecular weight excluding hydrogens is 384 g/mol. The number of fused-ring (bicyclic) bond motifs is 1. The van der Waals surface area contributed by atoms with E-state index in [9.17, 15) is 18.0 Å². The Labute approximate surface area is 163 Å². The lowest BCUT2D eigenvalue weighted by Gasteiger charge is -2.30. The van der Waals surface area contributed by atoms with E-state index in [4.69, 9.17) is 0 Å². The maximum atomic E-state index is 12.9. The molecule has 1 fully saturated rings. The summed E-state index contributed by atoms with van der Waals surface area (Å²) in [6.45, 7) is 0. The van der Waals surface area contributed by atoms with E-state index < -0.39 is 10.7 Å². The van der Waals surface area contributed by atoms with Gasteiger partial charge in [-0.05, 0) is 43.4 Å². The van der Waals surface area contributed by atoms with Gasteiger partial charge in [-0.15, -0.1) is 0 Å². The van der Waals surface area contributed by atoms with Crippen LogP contribution in [0.3, 0.4) is 0 Å². The Kier molecular flexibility index (Phi) is 4.86. The number of aryl methyl sites for hydroxylation is 1. The topological polar surface area (TPSA) is 93.2 Å². The average Bonchev–Trinajstić information content (AvgIpc) is 3.27. The first-order chi connectivity index (χ1) is 13.0. The molecular formula is C19H20N2O4S2. The number of thiol groups is 1. The lowest BCUT2D eigenvalue weighted by Crippen LogP contribution is -2.32. The lowest BCUT2D eigenvalue weighted by molar-refractivity contribution is -0.115. The first kappa shape index (κ1) is 18.3. The fourth-order valence-electron chi connectivity index (χ4n) is 4.08. The summed E-state index contributed by atoms with van der Waals surface area (Å²) in [4.78, 5) is 30.6. The molecule has 1 amide bonds. The van der Waals surface area contributed by atoms with E-state index in [-0.39, 0.29) is 28.4 Å². The highest BCUT2D eigenvalue weighted by atomic mass is 32.2. The van der Waals surface area contributed by atoms with Crippen LogP contribution in [0.5, 0.6) is 0 Å². The van der Waals surface area contributed by atoms with Gasteiger partial charge < -0.3 is 5.32 Å². The van der Waals surface area contributed by atoms with Crippen molar-refractivity contribution >= 4 is 38.9 Å². The Balaban J connectivity index is 1.45. The molecule has 0 bridgehead atoms. The van der Waals surface area contributed by atoms with E-state index in [2.05, 4.69) is 10.3 Å². The van der Waals surface area contributed by atoms with Gasteiger partial charge in [0.05, 0.1) is 21.9 Å². The molecule has 8 heteroatoms. The number of benzene rings is 1. The second kappa shape index (κ2) is 7.16. The van der Waals surface area contributed by atoms with Crippen molar-refractivity contribution in [2.24, 2.45) is 5.41 Å². The molecule has 142 valence electrons. The van der Waals surface area contributed by atoms with Crippen LogP contribution in [0.15, 0.2) is 29.2 Å². The number of carbonyl (C=O) groups excluding carboxylic acids is 2. The predicted molar refractivity (Wildman–Crippen MR) is 103 cm³/mol. The van der Waals surface area contributed by atoms with E-state index in [1.54, 1.807) is 12.1 Å². The number of nitrogens with one attached hydrogen (secondary N) is 1. The molecule has 2 aliphatic rings. The summed E-state index contributed by atoms with van der Waals surface area (Å²) in [6.07, 6.45) is 5.95. The van der Waals surface area contributed by atoms with Crippen LogP contribution in [0.25, 0.3) is 0 Å². The number of Topliss-reactive ketones (excluding diaryl/α,β-unsaturated/α-hetero) is 1. The molecule has 27 heavy (non-hydrogen) atoms. The Hall–Kier alpha value is -2.06. The van der Waals surface area contributed by atoms with Crippen molar-refractivity contribution in [3.63, 3.8) is 0 Å². The minimum Gasteiger partial charge on any atom is -0.302 e. The van der Waals surface area contributed by atoms with E-state index in [1.165, 1.54) is 23.5 Å². The van der Waals surface area contributed by atoms with Gasteiger partial charge in [0.25, 0.3) is 0 Å². The molecule has 0 aliphatic heterocycles.